The van der Waals surface area contributed by atoms with Crippen molar-refractivity contribution in [1.82, 2.24) is 25.3 Å². The van der Waals surface area contributed by atoms with E-state index >= 15 is 0 Å². The van der Waals surface area contributed by atoms with Crippen LogP contribution in [0.3, 0.4) is 0 Å². The summed E-state index contributed by atoms with van der Waals surface area (Å²) in [5, 5.41) is 13.1. The molecule has 17 heavy (non-hydrogen) atoms. The van der Waals surface area contributed by atoms with Crippen LogP contribution in [0.5, 0.6) is 0 Å². The molecule has 90 valence electrons. The van der Waals surface area contributed by atoms with Gasteiger partial charge in [-0.15, -0.1) is 16.4 Å². The van der Waals surface area contributed by atoms with Gasteiger partial charge in [0.25, 0.3) is 5.91 Å². The molecule has 1 N–H and O–H groups in total. The average Bonchev–Trinajstić information content (AvgIpc) is 2.86. The van der Waals surface area contributed by atoms with Crippen LogP contribution in [0.2, 0.25) is 0 Å². The van der Waals surface area contributed by atoms with Crippen LogP contribution in [0.15, 0.2) is 17.8 Å². The number of nitrogens with zero attached hydrogens (tertiary/aromatic N) is 4. The van der Waals surface area contributed by atoms with Gasteiger partial charge in [-0.3, -0.25) is 9.48 Å². The molecule has 0 aromatic carbocycles. The Bertz CT molecular complexity index is 517. The maximum absolute atomic E-state index is 11.9. The van der Waals surface area contributed by atoms with Crippen molar-refractivity contribution in [2.24, 2.45) is 7.05 Å². The molecule has 7 heteroatoms. The lowest BCUT2D eigenvalue weighted by atomic mass is 10.1. The largest absolute Gasteiger partial charge is 0.339 e. The van der Waals surface area contributed by atoms with Gasteiger partial charge in [0.2, 0.25) is 0 Å². The first kappa shape index (κ1) is 11.7. The number of carbonyl (C=O) groups excluding carboxylic acids is 1. The van der Waals surface area contributed by atoms with E-state index < -0.39 is 5.54 Å². The standard InChI is InChI=1S/C10H13N5OS/c1-10(2,9-11-4-5-17-9)12-8(16)7-6-15(3)14-13-7/h4-6H,1-3H3,(H,12,16). The molecule has 2 rings (SSSR count). The van der Waals surface area contributed by atoms with Crippen LogP contribution >= 0.6 is 11.3 Å². The third kappa shape index (κ3) is 2.50. The highest BCUT2D eigenvalue weighted by Crippen LogP contribution is 2.22. The molecule has 0 saturated carbocycles. The van der Waals surface area contributed by atoms with Gasteiger partial charge in [-0.2, -0.15) is 0 Å². The zero-order valence-electron chi connectivity index (χ0n) is 9.84. The van der Waals surface area contributed by atoms with Crippen LogP contribution < -0.4 is 5.32 Å². The van der Waals surface area contributed by atoms with Crippen LogP contribution in [0.25, 0.3) is 0 Å². The summed E-state index contributed by atoms with van der Waals surface area (Å²) in [4.78, 5) is 16.1. The molecule has 0 saturated heterocycles. The lowest BCUT2D eigenvalue weighted by Crippen LogP contribution is -2.41. The predicted octanol–water partition coefficient (Wildman–Crippen LogP) is 0.937. The van der Waals surface area contributed by atoms with E-state index in [4.69, 9.17) is 0 Å². The summed E-state index contributed by atoms with van der Waals surface area (Å²) in [5.41, 5.74) is -0.208. The fourth-order valence-corrected chi connectivity index (χ4v) is 2.10. The van der Waals surface area contributed by atoms with Gasteiger partial charge < -0.3 is 5.32 Å². The maximum atomic E-state index is 11.9. The van der Waals surface area contributed by atoms with Gasteiger partial charge in [0.15, 0.2) is 5.69 Å². The Morgan fingerprint density at radius 2 is 2.29 bits per heavy atom. The molecule has 6 nitrogen and oxygen atoms in total. The van der Waals surface area contributed by atoms with Crippen molar-refractivity contribution in [3.05, 3.63) is 28.5 Å². The minimum atomic E-state index is -0.511. The summed E-state index contributed by atoms with van der Waals surface area (Å²) in [6.07, 6.45) is 3.30. The summed E-state index contributed by atoms with van der Waals surface area (Å²) in [6.45, 7) is 3.81. The van der Waals surface area contributed by atoms with Gasteiger partial charge in [0.1, 0.15) is 5.01 Å². The molecule has 0 spiro atoms. The molecule has 0 aliphatic carbocycles. The molecular formula is C10H13N5OS. The van der Waals surface area contributed by atoms with E-state index in [1.54, 1.807) is 19.4 Å². The highest BCUT2D eigenvalue weighted by Gasteiger charge is 2.26. The number of amides is 1. The summed E-state index contributed by atoms with van der Waals surface area (Å²) < 4.78 is 1.49. The van der Waals surface area contributed by atoms with Crippen LogP contribution in [0, 0.1) is 0 Å². The Morgan fingerprint density at radius 3 is 2.82 bits per heavy atom. The first-order chi connectivity index (χ1) is 7.99. The van der Waals surface area contributed by atoms with Gasteiger partial charge in [0, 0.05) is 18.6 Å². The third-order valence-electron chi connectivity index (χ3n) is 2.23. The molecule has 1 amide bonds. The fourth-order valence-electron chi connectivity index (χ4n) is 1.38. The van der Waals surface area contributed by atoms with Crippen molar-refractivity contribution < 1.29 is 4.79 Å². The monoisotopic (exact) mass is 251 g/mol. The molecule has 0 aliphatic rings. The Hall–Kier alpha value is -1.76. The van der Waals surface area contributed by atoms with E-state index in [0.717, 1.165) is 5.01 Å². The Balaban J connectivity index is 2.13. The number of aryl methyl sites for hydroxylation is 1. The van der Waals surface area contributed by atoms with Crippen molar-refractivity contribution in [2.45, 2.75) is 19.4 Å². The number of carbonyl (C=O) groups is 1. The lowest BCUT2D eigenvalue weighted by molar-refractivity contribution is 0.0906. The third-order valence-corrected chi connectivity index (χ3v) is 3.33. The van der Waals surface area contributed by atoms with Crippen LogP contribution in [-0.4, -0.2) is 25.9 Å². The van der Waals surface area contributed by atoms with Gasteiger partial charge in [0.05, 0.1) is 11.7 Å². The molecule has 0 bridgehead atoms. The van der Waals surface area contributed by atoms with Crippen LogP contribution in [-0.2, 0) is 12.6 Å². The maximum Gasteiger partial charge on any atom is 0.274 e. The number of thiazole rings is 1. The van der Waals surface area contributed by atoms with Crippen molar-refractivity contribution in [2.75, 3.05) is 0 Å². The SMILES string of the molecule is Cn1cc(C(=O)NC(C)(C)c2nccs2)nn1. The smallest absolute Gasteiger partial charge is 0.274 e. The second kappa shape index (κ2) is 4.25. The Labute approximate surface area is 103 Å². The molecule has 2 heterocycles. The van der Waals surface area contributed by atoms with Crippen LogP contribution in [0.1, 0.15) is 29.3 Å². The van der Waals surface area contributed by atoms with Crippen molar-refractivity contribution >= 4 is 17.2 Å². The number of nitrogens with one attached hydrogen (secondary N) is 1. The molecule has 0 atom stereocenters. The quantitative estimate of drug-likeness (QED) is 0.881. The Kier molecular flexibility index (Phi) is 2.93. The fraction of sp³-hybridized carbons (Fsp3) is 0.400. The van der Waals surface area contributed by atoms with Gasteiger partial charge >= 0.3 is 0 Å². The summed E-state index contributed by atoms with van der Waals surface area (Å²) in [5.74, 6) is -0.252. The van der Waals surface area contributed by atoms with E-state index in [2.05, 4.69) is 20.6 Å². The normalized spacial score (nSPS) is 11.5. The first-order valence-electron chi connectivity index (χ1n) is 5.08. The van der Waals surface area contributed by atoms with Crippen molar-refractivity contribution in [3.8, 4) is 0 Å². The van der Waals surface area contributed by atoms with Gasteiger partial charge in [-0.05, 0) is 13.8 Å². The topological polar surface area (TPSA) is 72.7 Å². The van der Waals surface area contributed by atoms with Gasteiger partial charge in [-0.25, -0.2) is 4.98 Å². The predicted molar refractivity (Wildman–Crippen MR) is 63.6 cm³/mol. The number of aromatic nitrogens is 4. The van der Waals surface area contributed by atoms with E-state index in [1.165, 1.54) is 16.0 Å². The molecular weight excluding hydrogens is 238 g/mol. The second-order valence-corrected chi connectivity index (χ2v) is 5.09. The van der Waals surface area contributed by atoms with E-state index in [-0.39, 0.29) is 5.91 Å². The van der Waals surface area contributed by atoms with Crippen molar-refractivity contribution in [3.63, 3.8) is 0 Å². The number of rotatable bonds is 3. The highest BCUT2D eigenvalue weighted by molar-refractivity contribution is 7.09. The summed E-state index contributed by atoms with van der Waals surface area (Å²) in [7, 11) is 1.72. The minimum Gasteiger partial charge on any atom is -0.339 e. The molecule has 0 unspecified atom stereocenters. The van der Waals surface area contributed by atoms with Crippen molar-refractivity contribution in [1.29, 1.82) is 0 Å². The summed E-state index contributed by atoms with van der Waals surface area (Å²) >= 11 is 1.51. The molecule has 0 radical (unpaired) electrons. The number of hydrogen-bond acceptors (Lipinski definition) is 5. The Morgan fingerprint density at radius 1 is 1.53 bits per heavy atom. The van der Waals surface area contributed by atoms with E-state index in [0.29, 0.717) is 5.69 Å². The molecule has 0 fully saturated rings. The average molecular weight is 251 g/mol. The zero-order valence-corrected chi connectivity index (χ0v) is 10.7. The number of hydrogen-bond donors (Lipinski definition) is 1. The molecule has 2 aromatic heterocycles. The highest BCUT2D eigenvalue weighted by atomic mass is 32.1. The molecule has 0 aliphatic heterocycles. The van der Waals surface area contributed by atoms with Crippen LogP contribution in [0.4, 0.5) is 0 Å². The lowest BCUT2D eigenvalue weighted by Gasteiger charge is -2.22. The van der Waals surface area contributed by atoms with Gasteiger partial charge in [-0.1, -0.05) is 5.21 Å². The summed E-state index contributed by atoms with van der Waals surface area (Å²) in [6, 6.07) is 0. The second-order valence-electron chi connectivity index (χ2n) is 4.19. The van der Waals surface area contributed by atoms with E-state index in [9.17, 15) is 4.79 Å². The molecule has 2 aromatic rings. The van der Waals surface area contributed by atoms with E-state index in [1.807, 2.05) is 19.2 Å². The zero-order chi connectivity index (χ0) is 12.5. The minimum absolute atomic E-state index is 0.252. The first-order valence-corrected chi connectivity index (χ1v) is 5.96.